The highest BCUT2D eigenvalue weighted by Gasteiger charge is 2.32. The molecule has 0 amide bonds. The van der Waals surface area contributed by atoms with Crippen molar-refractivity contribution in [3.63, 3.8) is 0 Å². The van der Waals surface area contributed by atoms with Gasteiger partial charge in [-0.3, -0.25) is 4.31 Å². The second-order valence-electron chi connectivity index (χ2n) is 8.85. The molecule has 0 spiro atoms. The number of nitrogens with two attached hydrogens (primary N) is 1. The third kappa shape index (κ3) is 5.33. The first-order valence-electron chi connectivity index (χ1n) is 11.0. The Kier molecular flexibility index (Phi) is 6.40. The van der Waals surface area contributed by atoms with E-state index in [2.05, 4.69) is 27.4 Å². The minimum Gasteiger partial charge on any atom is -0.420 e. The molecule has 4 rings (SSSR count). The van der Waals surface area contributed by atoms with Gasteiger partial charge in [-0.2, -0.15) is 0 Å². The second-order valence-corrected chi connectivity index (χ2v) is 10.9. The maximum absolute atomic E-state index is 12.1. The van der Waals surface area contributed by atoms with Crippen molar-refractivity contribution >= 4 is 21.7 Å². The number of sulfonamides is 1. The van der Waals surface area contributed by atoms with Gasteiger partial charge in [-0.15, -0.1) is 10.2 Å². The van der Waals surface area contributed by atoms with Crippen molar-refractivity contribution in [1.29, 1.82) is 0 Å². The molecule has 176 valence electrons. The summed E-state index contributed by atoms with van der Waals surface area (Å²) in [5.41, 5.74) is 7.98. The predicted molar refractivity (Wildman–Crippen MR) is 128 cm³/mol. The molecule has 2 aromatic heterocycles. The van der Waals surface area contributed by atoms with Crippen LogP contribution in [-0.4, -0.2) is 43.4 Å². The molecule has 10 heteroatoms. The molecule has 0 radical (unpaired) electrons. The molecule has 2 heterocycles. The van der Waals surface area contributed by atoms with E-state index in [4.69, 9.17) is 10.2 Å². The first-order valence-corrected chi connectivity index (χ1v) is 12.8. The van der Waals surface area contributed by atoms with Gasteiger partial charge in [-0.05, 0) is 36.0 Å². The lowest BCUT2D eigenvalue weighted by Gasteiger charge is -2.18. The van der Waals surface area contributed by atoms with Crippen molar-refractivity contribution < 1.29 is 12.8 Å². The van der Waals surface area contributed by atoms with Gasteiger partial charge in [0.05, 0.1) is 12.2 Å². The number of benzene rings is 1. The van der Waals surface area contributed by atoms with Gasteiger partial charge in [0, 0.05) is 25.2 Å². The third-order valence-electron chi connectivity index (χ3n) is 6.25. The molecule has 3 unspecified atom stereocenters. The highest BCUT2D eigenvalue weighted by Crippen LogP contribution is 2.38. The average Bonchev–Trinajstić information content (AvgIpc) is 3.29. The summed E-state index contributed by atoms with van der Waals surface area (Å²) in [6.07, 6.45) is 2.31. The Hall–Kier alpha value is -2.98. The summed E-state index contributed by atoms with van der Waals surface area (Å²) in [5, 5.41) is 11.7. The number of hydrogen-bond donors (Lipinski definition) is 2. The first kappa shape index (κ1) is 23.2. The molecule has 1 saturated carbocycles. The molecule has 1 aromatic carbocycles. The van der Waals surface area contributed by atoms with Crippen LogP contribution in [0.5, 0.6) is 0 Å². The van der Waals surface area contributed by atoms with Gasteiger partial charge in [0.25, 0.3) is 0 Å². The molecule has 0 saturated heterocycles. The fourth-order valence-corrected chi connectivity index (χ4v) is 4.07. The molecular weight excluding hydrogens is 440 g/mol. The zero-order valence-corrected chi connectivity index (χ0v) is 20.1. The van der Waals surface area contributed by atoms with E-state index in [1.54, 1.807) is 12.1 Å². The standard InChI is InChI=1S/C23H30N6O3S/c1-14-10-18(14)13-25-19-11-17(12-20(26-19)29(3)33(4,30)31)23-28-27-22(32-23)15(2)21(24)16-8-6-5-7-9-16/h5-9,11-12,14-15,18,21H,10,13,24H2,1-4H3,(H,25,26)/t14?,15-,18?,21?/m1/s1. The number of anilines is 2. The molecule has 1 aliphatic carbocycles. The SMILES string of the molecule is CC1CC1CNc1cc(-c2nnc([C@H](C)C(N)c3ccccc3)o2)cc(N(C)S(C)(=O)=O)n1. The monoisotopic (exact) mass is 470 g/mol. The lowest BCUT2D eigenvalue weighted by Crippen LogP contribution is -2.26. The van der Waals surface area contributed by atoms with Gasteiger partial charge in [-0.25, -0.2) is 13.4 Å². The molecule has 0 bridgehead atoms. The zero-order valence-electron chi connectivity index (χ0n) is 19.3. The van der Waals surface area contributed by atoms with Crippen molar-refractivity contribution in [2.24, 2.45) is 17.6 Å². The van der Waals surface area contributed by atoms with Crippen LogP contribution in [0.3, 0.4) is 0 Å². The summed E-state index contributed by atoms with van der Waals surface area (Å²) in [6.45, 7) is 4.92. The van der Waals surface area contributed by atoms with E-state index in [1.165, 1.54) is 13.5 Å². The Morgan fingerprint density at radius 1 is 1.24 bits per heavy atom. The fraction of sp³-hybridized carbons (Fsp3) is 0.435. The summed E-state index contributed by atoms with van der Waals surface area (Å²) >= 11 is 0. The number of pyridine rings is 1. The highest BCUT2D eigenvalue weighted by molar-refractivity contribution is 7.92. The lowest BCUT2D eigenvalue weighted by molar-refractivity contribution is 0.431. The highest BCUT2D eigenvalue weighted by atomic mass is 32.2. The van der Waals surface area contributed by atoms with Crippen molar-refractivity contribution in [1.82, 2.24) is 15.2 Å². The van der Waals surface area contributed by atoms with Gasteiger partial charge in [0.1, 0.15) is 11.6 Å². The number of nitrogens with one attached hydrogen (secondary N) is 1. The molecule has 3 aromatic rings. The minimum atomic E-state index is -3.49. The van der Waals surface area contributed by atoms with E-state index in [0.717, 1.165) is 22.7 Å². The number of nitrogens with zero attached hydrogens (tertiary/aromatic N) is 4. The van der Waals surface area contributed by atoms with Gasteiger partial charge in [0.2, 0.25) is 21.8 Å². The van der Waals surface area contributed by atoms with Crippen LogP contribution >= 0.6 is 0 Å². The van der Waals surface area contributed by atoms with E-state index >= 15 is 0 Å². The van der Waals surface area contributed by atoms with Crippen molar-refractivity contribution in [3.8, 4) is 11.5 Å². The molecule has 0 aliphatic heterocycles. The van der Waals surface area contributed by atoms with Crippen LogP contribution in [0.1, 0.15) is 43.7 Å². The fourth-order valence-electron chi connectivity index (χ4n) is 3.63. The van der Waals surface area contributed by atoms with Crippen molar-refractivity contribution in [3.05, 3.63) is 53.9 Å². The maximum atomic E-state index is 12.1. The van der Waals surface area contributed by atoms with Crippen LogP contribution in [-0.2, 0) is 10.0 Å². The maximum Gasteiger partial charge on any atom is 0.248 e. The Labute approximate surface area is 194 Å². The lowest BCUT2D eigenvalue weighted by atomic mass is 9.95. The van der Waals surface area contributed by atoms with E-state index < -0.39 is 10.0 Å². The average molecular weight is 471 g/mol. The van der Waals surface area contributed by atoms with Gasteiger partial charge in [-0.1, -0.05) is 44.2 Å². The molecule has 1 aliphatic rings. The van der Waals surface area contributed by atoms with Crippen LogP contribution < -0.4 is 15.4 Å². The minimum absolute atomic E-state index is 0.206. The summed E-state index contributed by atoms with van der Waals surface area (Å²) in [5.74, 6) is 2.61. The molecule has 33 heavy (non-hydrogen) atoms. The van der Waals surface area contributed by atoms with Crippen LogP contribution in [0.25, 0.3) is 11.5 Å². The van der Waals surface area contributed by atoms with Gasteiger partial charge >= 0.3 is 0 Å². The molecule has 3 N–H and O–H groups in total. The smallest absolute Gasteiger partial charge is 0.248 e. The Balaban J connectivity index is 1.62. The topological polar surface area (TPSA) is 127 Å². The van der Waals surface area contributed by atoms with Crippen LogP contribution in [0.4, 0.5) is 11.6 Å². The van der Waals surface area contributed by atoms with E-state index in [1.807, 2.05) is 37.3 Å². The molecule has 1 fully saturated rings. The van der Waals surface area contributed by atoms with Crippen LogP contribution in [0, 0.1) is 11.8 Å². The van der Waals surface area contributed by atoms with E-state index in [-0.39, 0.29) is 23.7 Å². The Morgan fingerprint density at radius 2 is 1.94 bits per heavy atom. The Bertz CT molecular complexity index is 1210. The largest absolute Gasteiger partial charge is 0.420 e. The number of rotatable bonds is 9. The quantitative estimate of drug-likeness (QED) is 0.487. The number of aromatic nitrogens is 3. The zero-order chi connectivity index (χ0) is 23.8. The number of hydrogen-bond acceptors (Lipinski definition) is 8. The predicted octanol–water partition coefficient (Wildman–Crippen LogP) is 3.40. The van der Waals surface area contributed by atoms with Gasteiger partial charge < -0.3 is 15.5 Å². The third-order valence-corrected chi connectivity index (χ3v) is 7.44. The summed E-state index contributed by atoms with van der Waals surface area (Å²) in [4.78, 5) is 4.49. The summed E-state index contributed by atoms with van der Waals surface area (Å²) < 4.78 is 31.3. The second kappa shape index (κ2) is 9.11. The van der Waals surface area contributed by atoms with Crippen LogP contribution in [0.2, 0.25) is 0 Å². The van der Waals surface area contributed by atoms with Crippen molar-refractivity contribution in [2.45, 2.75) is 32.2 Å². The molecule has 9 nitrogen and oxygen atoms in total. The van der Waals surface area contributed by atoms with Gasteiger partial charge in [0.15, 0.2) is 0 Å². The van der Waals surface area contributed by atoms with Crippen molar-refractivity contribution in [2.75, 3.05) is 29.5 Å². The molecule has 4 atom stereocenters. The van der Waals surface area contributed by atoms with Crippen LogP contribution in [0.15, 0.2) is 46.9 Å². The molecular formula is C23H30N6O3S. The normalized spacial score (nSPS) is 19.7. The summed E-state index contributed by atoms with van der Waals surface area (Å²) in [7, 11) is -2.02. The summed E-state index contributed by atoms with van der Waals surface area (Å²) in [6, 6.07) is 12.9. The first-order chi connectivity index (χ1) is 15.6. The Morgan fingerprint density at radius 3 is 2.58 bits per heavy atom. The van der Waals surface area contributed by atoms with E-state index in [0.29, 0.717) is 29.1 Å². The van der Waals surface area contributed by atoms with E-state index in [9.17, 15) is 8.42 Å².